The Kier molecular flexibility index (Phi) is 3.26. The monoisotopic (exact) mass is 235 g/mol. The fraction of sp³-hybridized carbons (Fsp3) is 0.583. The Balaban J connectivity index is 2.15. The predicted molar refractivity (Wildman–Crippen MR) is 63.7 cm³/mol. The van der Waals surface area contributed by atoms with Crippen molar-refractivity contribution in [1.82, 2.24) is 9.97 Å². The Morgan fingerprint density at radius 2 is 2.18 bits per heavy atom. The molecule has 1 heterocycles. The van der Waals surface area contributed by atoms with Crippen molar-refractivity contribution in [1.29, 1.82) is 0 Å². The maximum atomic E-state index is 11.4. The fourth-order valence-corrected chi connectivity index (χ4v) is 2.35. The van der Waals surface area contributed by atoms with Crippen LogP contribution in [0.1, 0.15) is 32.6 Å². The van der Waals surface area contributed by atoms with E-state index in [1.807, 2.05) is 0 Å². The van der Waals surface area contributed by atoms with E-state index in [0.29, 0.717) is 12.4 Å². The summed E-state index contributed by atoms with van der Waals surface area (Å²) < 4.78 is 0. The number of carboxylic acids is 1. The lowest BCUT2D eigenvalue weighted by Crippen LogP contribution is -2.46. The molecule has 2 unspecified atom stereocenters. The summed E-state index contributed by atoms with van der Waals surface area (Å²) in [5, 5.41) is 12.5. The maximum Gasteiger partial charge on any atom is 0.311 e. The highest BCUT2D eigenvalue weighted by Gasteiger charge is 2.43. The van der Waals surface area contributed by atoms with Crippen LogP contribution in [0.25, 0.3) is 0 Å². The van der Waals surface area contributed by atoms with Crippen molar-refractivity contribution >= 4 is 11.9 Å². The third-order valence-electron chi connectivity index (χ3n) is 3.57. The van der Waals surface area contributed by atoms with E-state index in [9.17, 15) is 9.90 Å². The van der Waals surface area contributed by atoms with E-state index in [-0.39, 0.29) is 6.04 Å². The molecule has 2 atom stereocenters. The number of hydrogen-bond acceptors (Lipinski definition) is 4. The minimum Gasteiger partial charge on any atom is -0.481 e. The molecule has 17 heavy (non-hydrogen) atoms. The SMILES string of the molecule is CC1(C(=O)O)CCCCC1Nc1ncccn1. The second-order valence-electron chi connectivity index (χ2n) is 4.74. The number of anilines is 1. The van der Waals surface area contributed by atoms with E-state index in [2.05, 4.69) is 15.3 Å². The summed E-state index contributed by atoms with van der Waals surface area (Å²) in [6.07, 6.45) is 6.87. The first-order chi connectivity index (χ1) is 8.13. The molecule has 0 saturated heterocycles. The standard InChI is InChI=1S/C12H17N3O2/c1-12(10(16)17)6-3-2-5-9(12)15-11-13-7-4-8-14-11/h4,7-9H,2-3,5-6H2,1H3,(H,16,17)(H,13,14,15). The van der Waals surface area contributed by atoms with Gasteiger partial charge in [-0.15, -0.1) is 0 Å². The van der Waals surface area contributed by atoms with Crippen LogP contribution in [0.15, 0.2) is 18.5 Å². The zero-order valence-electron chi connectivity index (χ0n) is 9.89. The van der Waals surface area contributed by atoms with Gasteiger partial charge >= 0.3 is 5.97 Å². The quantitative estimate of drug-likeness (QED) is 0.837. The summed E-state index contributed by atoms with van der Waals surface area (Å²) in [4.78, 5) is 19.6. The molecule has 0 spiro atoms. The summed E-state index contributed by atoms with van der Waals surface area (Å²) in [5.41, 5.74) is -0.725. The van der Waals surface area contributed by atoms with Gasteiger partial charge in [-0.2, -0.15) is 0 Å². The van der Waals surface area contributed by atoms with Crippen molar-refractivity contribution < 1.29 is 9.90 Å². The Morgan fingerprint density at radius 1 is 1.47 bits per heavy atom. The van der Waals surface area contributed by atoms with Crippen molar-refractivity contribution in [2.75, 3.05) is 5.32 Å². The second-order valence-corrected chi connectivity index (χ2v) is 4.74. The lowest BCUT2D eigenvalue weighted by Gasteiger charge is -2.38. The first-order valence-electron chi connectivity index (χ1n) is 5.90. The Morgan fingerprint density at radius 3 is 2.82 bits per heavy atom. The Bertz CT molecular complexity index is 396. The fourth-order valence-electron chi connectivity index (χ4n) is 2.35. The molecule has 0 amide bonds. The minimum absolute atomic E-state index is 0.101. The average molecular weight is 235 g/mol. The first kappa shape index (κ1) is 11.8. The Labute approximate surface area is 100 Å². The number of hydrogen-bond donors (Lipinski definition) is 2. The van der Waals surface area contributed by atoms with Gasteiger partial charge in [-0.05, 0) is 25.8 Å². The van der Waals surface area contributed by atoms with Gasteiger partial charge in [-0.1, -0.05) is 12.8 Å². The van der Waals surface area contributed by atoms with Gasteiger partial charge in [-0.25, -0.2) is 9.97 Å². The molecule has 92 valence electrons. The molecule has 1 aliphatic rings. The van der Waals surface area contributed by atoms with Crippen LogP contribution in [-0.4, -0.2) is 27.1 Å². The molecular weight excluding hydrogens is 218 g/mol. The summed E-state index contributed by atoms with van der Waals surface area (Å²) in [7, 11) is 0. The smallest absolute Gasteiger partial charge is 0.311 e. The number of nitrogens with zero attached hydrogens (tertiary/aromatic N) is 2. The normalized spacial score (nSPS) is 28.6. The van der Waals surface area contributed by atoms with Crippen LogP contribution >= 0.6 is 0 Å². The van der Waals surface area contributed by atoms with E-state index in [1.54, 1.807) is 25.4 Å². The van der Waals surface area contributed by atoms with Gasteiger partial charge in [0.2, 0.25) is 5.95 Å². The maximum absolute atomic E-state index is 11.4. The third kappa shape index (κ3) is 2.38. The zero-order chi connectivity index (χ0) is 12.3. The predicted octanol–water partition coefficient (Wildman–Crippen LogP) is 1.92. The number of aliphatic carboxylic acids is 1. The number of carbonyl (C=O) groups is 1. The summed E-state index contributed by atoms with van der Waals surface area (Å²) in [6, 6.07) is 1.64. The molecule has 1 aliphatic carbocycles. The first-order valence-corrected chi connectivity index (χ1v) is 5.90. The van der Waals surface area contributed by atoms with Gasteiger partial charge in [0.1, 0.15) is 0 Å². The van der Waals surface area contributed by atoms with Gasteiger partial charge in [0.15, 0.2) is 0 Å². The van der Waals surface area contributed by atoms with Crippen LogP contribution in [0.2, 0.25) is 0 Å². The van der Waals surface area contributed by atoms with E-state index in [1.165, 1.54) is 0 Å². The second kappa shape index (κ2) is 4.69. The van der Waals surface area contributed by atoms with Gasteiger partial charge in [0.25, 0.3) is 0 Å². The van der Waals surface area contributed by atoms with Crippen LogP contribution < -0.4 is 5.32 Å². The van der Waals surface area contributed by atoms with Gasteiger partial charge < -0.3 is 10.4 Å². The molecule has 2 N–H and O–H groups in total. The highest BCUT2D eigenvalue weighted by atomic mass is 16.4. The van der Waals surface area contributed by atoms with Crippen molar-refractivity contribution in [3.8, 4) is 0 Å². The molecule has 0 radical (unpaired) electrons. The molecule has 1 aromatic rings. The highest BCUT2D eigenvalue weighted by Crippen LogP contribution is 2.37. The molecule has 1 aromatic heterocycles. The van der Waals surface area contributed by atoms with Gasteiger partial charge in [0, 0.05) is 18.4 Å². The average Bonchev–Trinajstić information content (AvgIpc) is 2.33. The van der Waals surface area contributed by atoms with Crippen molar-refractivity contribution in [2.45, 2.75) is 38.6 Å². The summed E-state index contributed by atoms with van der Waals surface area (Å²) in [6.45, 7) is 1.80. The van der Waals surface area contributed by atoms with E-state index in [4.69, 9.17) is 0 Å². The number of carboxylic acid groups (broad SMARTS) is 1. The van der Waals surface area contributed by atoms with Crippen molar-refractivity contribution in [2.24, 2.45) is 5.41 Å². The van der Waals surface area contributed by atoms with Crippen LogP contribution in [0.5, 0.6) is 0 Å². The molecule has 1 saturated carbocycles. The number of nitrogens with one attached hydrogen (secondary N) is 1. The number of rotatable bonds is 3. The zero-order valence-corrected chi connectivity index (χ0v) is 9.89. The van der Waals surface area contributed by atoms with Gasteiger partial charge in [-0.3, -0.25) is 4.79 Å². The van der Waals surface area contributed by atoms with Gasteiger partial charge in [0.05, 0.1) is 5.41 Å². The molecule has 0 bridgehead atoms. The lowest BCUT2D eigenvalue weighted by molar-refractivity contribution is -0.150. The molecule has 0 aromatic carbocycles. The van der Waals surface area contributed by atoms with E-state index < -0.39 is 11.4 Å². The molecule has 2 rings (SSSR count). The van der Waals surface area contributed by atoms with Crippen molar-refractivity contribution in [3.63, 3.8) is 0 Å². The lowest BCUT2D eigenvalue weighted by atomic mass is 9.72. The van der Waals surface area contributed by atoms with Crippen LogP contribution in [0.3, 0.4) is 0 Å². The number of aromatic nitrogens is 2. The van der Waals surface area contributed by atoms with Crippen molar-refractivity contribution in [3.05, 3.63) is 18.5 Å². The van der Waals surface area contributed by atoms with Crippen LogP contribution in [0.4, 0.5) is 5.95 Å². The molecule has 1 fully saturated rings. The highest BCUT2D eigenvalue weighted by molar-refractivity contribution is 5.76. The minimum atomic E-state index is -0.745. The summed E-state index contributed by atoms with van der Waals surface area (Å²) >= 11 is 0. The van der Waals surface area contributed by atoms with E-state index in [0.717, 1.165) is 19.3 Å². The van der Waals surface area contributed by atoms with Crippen LogP contribution in [-0.2, 0) is 4.79 Å². The molecule has 5 nitrogen and oxygen atoms in total. The summed E-state index contributed by atoms with van der Waals surface area (Å²) in [5.74, 6) is -0.238. The topological polar surface area (TPSA) is 75.1 Å². The molecular formula is C12H17N3O2. The van der Waals surface area contributed by atoms with Crippen LogP contribution in [0, 0.1) is 5.41 Å². The van der Waals surface area contributed by atoms with E-state index >= 15 is 0 Å². The third-order valence-corrected chi connectivity index (χ3v) is 3.57. The molecule has 0 aliphatic heterocycles. The molecule has 5 heteroatoms. The largest absolute Gasteiger partial charge is 0.481 e. The Hall–Kier alpha value is -1.65.